The van der Waals surface area contributed by atoms with E-state index in [9.17, 15) is 17.1 Å². The number of hydrogen-bond donors (Lipinski definition) is 1. The van der Waals surface area contributed by atoms with Crippen LogP contribution in [0.4, 0.5) is 15.5 Å². The third-order valence-electron chi connectivity index (χ3n) is 2.44. The molecule has 17 heavy (non-hydrogen) atoms. The van der Waals surface area contributed by atoms with Crippen molar-refractivity contribution in [3.05, 3.63) is 12.4 Å². The van der Waals surface area contributed by atoms with Crippen LogP contribution in [0, 0.1) is 0 Å². The van der Waals surface area contributed by atoms with Gasteiger partial charge in [0, 0.05) is 19.0 Å². The zero-order valence-electron chi connectivity index (χ0n) is 8.58. The molecular weight excluding hydrogens is 251 g/mol. The van der Waals surface area contributed by atoms with Gasteiger partial charge in [0.05, 0.1) is 0 Å². The fraction of sp³-hybridized carbons (Fsp3) is 0.375. The molecule has 1 fully saturated rings. The van der Waals surface area contributed by atoms with E-state index in [1.165, 1.54) is 6.07 Å². The van der Waals surface area contributed by atoms with Crippen molar-refractivity contribution in [1.82, 2.24) is 9.97 Å². The molecule has 1 aliphatic heterocycles. The molecule has 0 aromatic carbocycles. The van der Waals surface area contributed by atoms with Crippen molar-refractivity contribution in [2.75, 3.05) is 17.2 Å². The molecule has 1 aliphatic rings. The lowest BCUT2D eigenvalue weighted by Crippen LogP contribution is -2.27. The molecule has 1 aromatic heterocycles. The van der Waals surface area contributed by atoms with E-state index in [2.05, 4.69) is 9.97 Å². The van der Waals surface area contributed by atoms with Gasteiger partial charge >= 0.3 is 10.2 Å². The number of rotatable bonds is 2. The standard InChI is InChI=1S/C8H9FN4O3S/c9-17(15,16)5-1-8(14)13(3-5)7-2-6(10)11-4-12-7/h2,4-5H,1,3H2,(H2,10,11,12). The molecule has 1 atom stereocenters. The van der Waals surface area contributed by atoms with Crippen molar-refractivity contribution in [2.24, 2.45) is 0 Å². The molecule has 1 aromatic rings. The van der Waals surface area contributed by atoms with Gasteiger partial charge < -0.3 is 5.73 Å². The first-order valence-electron chi connectivity index (χ1n) is 4.69. The lowest BCUT2D eigenvalue weighted by atomic mass is 10.4. The quantitative estimate of drug-likeness (QED) is 0.716. The molecule has 7 nitrogen and oxygen atoms in total. The summed E-state index contributed by atoms with van der Waals surface area (Å²) in [5.74, 6) is -0.183. The zero-order valence-corrected chi connectivity index (χ0v) is 9.39. The Bertz CT molecular complexity index is 562. The van der Waals surface area contributed by atoms with Gasteiger partial charge in [0.15, 0.2) is 0 Å². The summed E-state index contributed by atoms with van der Waals surface area (Å²) in [6, 6.07) is 1.32. The van der Waals surface area contributed by atoms with Crippen molar-refractivity contribution in [1.29, 1.82) is 0 Å². The van der Waals surface area contributed by atoms with Crippen LogP contribution in [0.2, 0.25) is 0 Å². The number of nitrogen functional groups attached to an aromatic ring is 1. The predicted octanol–water partition coefficient (Wildman–Crippen LogP) is -0.537. The molecule has 2 N–H and O–H groups in total. The van der Waals surface area contributed by atoms with Crippen LogP contribution in [0.3, 0.4) is 0 Å². The van der Waals surface area contributed by atoms with Gasteiger partial charge in [-0.25, -0.2) is 9.97 Å². The first-order valence-corrected chi connectivity index (χ1v) is 6.14. The Morgan fingerprint density at radius 1 is 1.47 bits per heavy atom. The minimum atomic E-state index is -4.72. The van der Waals surface area contributed by atoms with Crippen LogP contribution in [-0.4, -0.2) is 36.1 Å². The molecule has 1 saturated heterocycles. The average Bonchev–Trinajstić information content (AvgIpc) is 2.60. The summed E-state index contributed by atoms with van der Waals surface area (Å²) in [4.78, 5) is 20.0. The number of carbonyl (C=O) groups is 1. The molecule has 2 heterocycles. The number of halogens is 1. The molecule has 92 valence electrons. The van der Waals surface area contributed by atoms with E-state index < -0.39 is 21.4 Å². The Labute approximate surface area is 96.7 Å². The summed E-state index contributed by atoms with van der Waals surface area (Å²) in [7, 11) is -4.72. The van der Waals surface area contributed by atoms with Crippen LogP contribution in [0.25, 0.3) is 0 Å². The second-order valence-corrected chi connectivity index (χ2v) is 5.22. The smallest absolute Gasteiger partial charge is 0.307 e. The Balaban J connectivity index is 2.28. The van der Waals surface area contributed by atoms with Crippen molar-refractivity contribution < 1.29 is 17.1 Å². The number of aromatic nitrogens is 2. The van der Waals surface area contributed by atoms with Crippen molar-refractivity contribution in [3.63, 3.8) is 0 Å². The highest BCUT2D eigenvalue weighted by molar-refractivity contribution is 7.87. The Hall–Kier alpha value is -1.77. The first-order chi connectivity index (χ1) is 7.88. The SMILES string of the molecule is Nc1cc(N2CC(S(=O)(=O)F)CC2=O)ncn1. The molecule has 9 heteroatoms. The maximum Gasteiger partial charge on any atom is 0.307 e. The highest BCUT2D eigenvalue weighted by Gasteiger charge is 2.39. The van der Waals surface area contributed by atoms with Crippen molar-refractivity contribution in [2.45, 2.75) is 11.7 Å². The van der Waals surface area contributed by atoms with E-state index in [1.807, 2.05) is 0 Å². The largest absolute Gasteiger partial charge is 0.384 e. The molecular formula is C8H9FN4O3S. The number of anilines is 2. The van der Waals surface area contributed by atoms with Gasteiger partial charge in [0.2, 0.25) is 5.91 Å². The maximum absolute atomic E-state index is 12.8. The number of nitrogens with two attached hydrogens (primary N) is 1. The van der Waals surface area contributed by atoms with E-state index >= 15 is 0 Å². The fourth-order valence-electron chi connectivity index (χ4n) is 1.59. The van der Waals surface area contributed by atoms with Gasteiger partial charge in [0.25, 0.3) is 0 Å². The van der Waals surface area contributed by atoms with Crippen LogP contribution >= 0.6 is 0 Å². The third-order valence-corrected chi connectivity index (χ3v) is 3.55. The molecule has 1 unspecified atom stereocenters. The van der Waals surface area contributed by atoms with Gasteiger partial charge in [-0.1, -0.05) is 0 Å². The van der Waals surface area contributed by atoms with Crippen LogP contribution < -0.4 is 10.6 Å². The number of amides is 1. The summed E-state index contributed by atoms with van der Waals surface area (Å²) < 4.78 is 34.2. The normalized spacial score (nSPS) is 20.9. The first kappa shape index (κ1) is 11.7. The van der Waals surface area contributed by atoms with E-state index in [-0.39, 0.29) is 24.6 Å². The van der Waals surface area contributed by atoms with Crippen LogP contribution in [0.5, 0.6) is 0 Å². The molecule has 2 rings (SSSR count). The third kappa shape index (κ3) is 2.33. The molecule has 0 bridgehead atoms. The fourth-order valence-corrected chi connectivity index (χ4v) is 2.26. The summed E-state index contributed by atoms with van der Waals surface area (Å²) in [5.41, 5.74) is 5.41. The predicted molar refractivity (Wildman–Crippen MR) is 57.2 cm³/mol. The van der Waals surface area contributed by atoms with Gasteiger partial charge in [-0.3, -0.25) is 9.69 Å². The molecule has 0 aliphatic carbocycles. The van der Waals surface area contributed by atoms with E-state index in [0.717, 1.165) is 11.2 Å². The second kappa shape index (κ2) is 3.91. The monoisotopic (exact) mass is 260 g/mol. The minimum absolute atomic E-state index is 0.148. The van der Waals surface area contributed by atoms with Crippen molar-refractivity contribution >= 4 is 27.8 Å². The summed E-state index contributed by atoms with van der Waals surface area (Å²) >= 11 is 0. The topological polar surface area (TPSA) is 106 Å². The molecule has 1 amide bonds. The number of hydrogen-bond acceptors (Lipinski definition) is 6. The number of nitrogens with zero attached hydrogens (tertiary/aromatic N) is 3. The lowest BCUT2D eigenvalue weighted by Gasteiger charge is -2.14. The second-order valence-electron chi connectivity index (χ2n) is 3.61. The van der Waals surface area contributed by atoms with Crippen molar-refractivity contribution in [3.8, 4) is 0 Å². The zero-order chi connectivity index (χ0) is 12.6. The van der Waals surface area contributed by atoms with Crippen LogP contribution in [0.1, 0.15) is 6.42 Å². The summed E-state index contributed by atoms with van der Waals surface area (Å²) in [6.45, 7) is -0.256. The van der Waals surface area contributed by atoms with E-state index in [1.54, 1.807) is 0 Å². The number of carbonyl (C=O) groups excluding carboxylic acids is 1. The summed E-state index contributed by atoms with van der Waals surface area (Å²) in [6.07, 6.45) is 0.762. The minimum Gasteiger partial charge on any atom is -0.384 e. The summed E-state index contributed by atoms with van der Waals surface area (Å²) in [5, 5.41) is -1.34. The molecule has 0 radical (unpaired) electrons. The maximum atomic E-state index is 12.8. The molecule has 0 saturated carbocycles. The Morgan fingerprint density at radius 3 is 2.71 bits per heavy atom. The van der Waals surface area contributed by atoms with E-state index in [4.69, 9.17) is 5.73 Å². The van der Waals surface area contributed by atoms with Crippen LogP contribution in [0.15, 0.2) is 12.4 Å². The Morgan fingerprint density at radius 2 is 2.18 bits per heavy atom. The van der Waals surface area contributed by atoms with E-state index in [0.29, 0.717) is 0 Å². The van der Waals surface area contributed by atoms with Gasteiger partial charge in [-0.2, -0.15) is 8.42 Å². The average molecular weight is 260 g/mol. The van der Waals surface area contributed by atoms with Gasteiger partial charge in [0.1, 0.15) is 23.2 Å². The van der Waals surface area contributed by atoms with Gasteiger partial charge in [-0.15, -0.1) is 3.89 Å². The lowest BCUT2D eigenvalue weighted by molar-refractivity contribution is -0.117. The Kier molecular flexibility index (Phi) is 2.69. The van der Waals surface area contributed by atoms with Gasteiger partial charge in [-0.05, 0) is 0 Å². The molecule has 0 spiro atoms. The van der Waals surface area contributed by atoms with Crippen LogP contribution in [-0.2, 0) is 15.0 Å². The highest BCUT2D eigenvalue weighted by Crippen LogP contribution is 2.24. The highest BCUT2D eigenvalue weighted by atomic mass is 32.3.